The van der Waals surface area contributed by atoms with Crippen LogP contribution in [0.4, 0.5) is 0 Å². The number of rotatable bonds is 5. The SMILES string of the molecule is COc1cccc(C(C)CC(=O)N(C)C2CCNCC2)c1.Cl. The summed E-state index contributed by atoms with van der Waals surface area (Å²) in [7, 11) is 3.61. The first kappa shape index (κ1) is 18.8. The number of nitrogens with one attached hydrogen (secondary N) is 1. The van der Waals surface area contributed by atoms with Crippen LogP contribution < -0.4 is 10.1 Å². The molecule has 5 heteroatoms. The molecule has 22 heavy (non-hydrogen) atoms. The molecule has 1 N–H and O–H groups in total. The van der Waals surface area contributed by atoms with Crippen molar-refractivity contribution in [3.63, 3.8) is 0 Å². The number of piperidine rings is 1. The number of carbonyl (C=O) groups excluding carboxylic acids is 1. The lowest BCUT2D eigenvalue weighted by Crippen LogP contribution is -2.44. The second-order valence-electron chi connectivity index (χ2n) is 5.87. The van der Waals surface area contributed by atoms with E-state index >= 15 is 0 Å². The van der Waals surface area contributed by atoms with Gasteiger partial charge in [-0.25, -0.2) is 0 Å². The van der Waals surface area contributed by atoms with Crippen molar-refractivity contribution >= 4 is 18.3 Å². The van der Waals surface area contributed by atoms with Gasteiger partial charge in [-0.1, -0.05) is 19.1 Å². The summed E-state index contributed by atoms with van der Waals surface area (Å²) in [5.74, 6) is 1.28. The average Bonchev–Trinajstić information content (AvgIpc) is 2.54. The molecule has 1 amide bonds. The quantitative estimate of drug-likeness (QED) is 0.904. The molecular formula is C17H27ClN2O2. The Morgan fingerprint density at radius 2 is 2.09 bits per heavy atom. The molecule has 1 fully saturated rings. The lowest BCUT2D eigenvalue weighted by Gasteiger charge is -2.32. The van der Waals surface area contributed by atoms with Crippen LogP contribution in [0.2, 0.25) is 0 Å². The molecule has 0 bridgehead atoms. The van der Waals surface area contributed by atoms with Gasteiger partial charge in [-0.2, -0.15) is 0 Å². The molecule has 0 saturated carbocycles. The van der Waals surface area contributed by atoms with E-state index in [9.17, 15) is 4.79 Å². The molecule has 0 spiro atoms. The van der Waals surface area contributed by atoms with Gasteiger partial charge in [0.1, 0.15) is 5.75 Å². The van der Waals surface area contributed by atoms with Gasteiger partial charge in [0, 0.05) is 19.5 Å². The summed E-state index contributed by atoms with van der Waals surface area (Å²) in [6.45, 7) is 4.12. The maximum absolute atomic E-state index is 12.5. The fourth-order valence-electron chi connectivity index (χ4n) is 2.87. The second-order valence-corrected chi connectivity index (χ2v) is 5.87. The third-order valence-electron chi connectivity index (χ3n) is 4.39. The standard InChI is InChI=1S/C17H26N2O2.ClH/c1-13(14-5-4-6-16(12-14)21-3)11-17(20)19(2)15-7-9-18-10-8-15;/h4-6,12-13,15,18H,7-11H2,1-3H3;1H. The number of benzene rings is 1. The van der Waals surface area contributed by atoms with Crippen LogP contribution in [-0.2, 0) is 4.79 Å². The van der Waals surface area contributed by atoms with Crippen LogP contribution in [-0.4, -0.2) is 44.1 Å². The number of carbonyl (C=O) groups is 1. The monoisotopic (exact) mass is 326 g/mol. The third kappa shape index (κ3) is 4.89. The van der Waals surface area contributed by atoms with E-state index < -0.39 is 0 Å². The number of ether oxygens (including phenoxy) is 1. The van der Waals surface area contributed by atoms with Crippen molar-refractivity contribution in [3.8, 4) is 5.75 Å². The van der Waals surface area contributed by atoms with E-state index in [1.807, 2.05) is 30.1 Å². The first-order valence-corrected chi connectivity index (χ1v) is 7.72. The van der Waals surface area contributed by atoms with Crippen LogP contribution in [0.25, 0.3) is 0 Å². The van der Waals surface area contributed by atoms with Crippen LogP contribution in [0.5, 0.6) is 5.75 Å². The highest BCUT2D eigenvalue weighted by Crippen LogP contribution is 2.24. The van der Waals surface area contributed by atoms with Gasteiger partial charge in [0.2, 0.25) is 5.91 Å². The topological polar surface area (TPSA) is 41.6 Å². The summed E-state index contributed by atoms with van der Waals surface area (Å²) in [5.41, 5.74) is 1.15. The Balaban J connectivity index is 0.00000242. The molecule has 0 radical (unpaired) electrons. The Morgan fingerprint density at radius 3 is 2.73 bits per heavy atom. The molecular weight excluding hydrogens is 300 g/mol. The molecule has 124 valence electrons. The van der Waals surface area contributed by atoms with E-state index in [1.165, 1.54) is 0 Å². The molecule has 1 atom stereocenters. The van der Waals surface area contributed by atoms with Crippen LogP contribution in [0, 0.1) is 0 Å². The summed E-state index contributed by atoms with van der Waals surface area (Å²) < 4.78 is 5.25. The van der Waals surface area contributed by atoms with Crippen molar-refractivity contribution in [2.75, 3.05) is 27.2 Å². The summed E-state index contributed by atoms with van der Waals surface area (Å²) in [4.78, 5) is 14.4. The molecule has 1 saturated heterocycles. The highest BCUT2D eigenvalue weighted by Gasteiger charge is 2.23. The van der Waals surface area contributed by atoms with Crippen molar-refractivity contribution in [2.45, 2.75) is 38.1 Å². The normalized spacial score (nSPS) is 16.5. The summed E-state index contributed by atoms with van der Waals surface area (Å²) in [6, 6.07) is 8.37. The number of halogens is 1. The highest BCUT2D eigenvalue weighted by atomic mass is 35.5. The van der Waals surface area contributed by atoms with Gasteiger partial charge in [0.25, 0.3) is 0 Å². The van der Waals surface area contributed by atoms with Gasteiger partial charge in [0.15, 0.2) is 0 Å². The predicted molar refractivity (Wildman–Crippen MR) is 91.9 cm³/mol. The Morgan fingerprint density at radius 1 is 1.41 bits per heavy atom. The summed E-state index contributed by atoms with van der Waals surface area (Å²) >= 11 is 0. The van der Waals surface area contributed by atoms with Crippen LogP contribution in [0.15, 0.2) is 24.3 Å². The Bertz CT molecular complexity index is 475. The molecule has 1 aromatic carbocycles. The molecule has 1 heterocycles. The van der Waals surface area contributed by atoms with Gasteiger partial charge < -0.3 is 15.0 Å². The predicted octanol–water partition coefficient (Wildman–Crippen LogP) is 2.82. The molecule has 4 nitrogen and oxygen atoms in total. The van der Waals surface area contributed by atoms with Gasteiger partial charge in [-0.3, -0.25) is 4.79 Å². The van der Waals surface area contributed by atoms with E-state index in [-0.39, 0.29) is 24.2 Å². The zero-order valence-corrected chi connectivity index (χ0v) is 14.5. The first-order chi connectivity index (χ1) is 10.1. The Hall–Kier alpha value is -1.26. The first-order valence-electron chi connectivity index (χ1n) is 7.72. The smallest absolute Gasteiger partial charge is 0.223 e. The number of methoxy groups -OCH3 is 1. The van der Waals surface area contributed by atoms with Gasteiger partial charge in [0.05, 0.1) is 7.11 Å². The fourth-order valence-corrected chi connectivity index (χ4v) is 2.87. The Kier molecular flexibility index (Phi) is 7.69. The lowest BCUT2D eigenvalue weighted by molar-refractivity contribution is -0.132. The number of hydrogen-bond donors (Lipinski definition) is 1. The highest BCUT2D eigenvalue weighted by molar-refractivity contribution is 5.85. The molecule has 1 aromatic rings. The molecule has 2 rings (SSSR count). The summed E-state index contributed by atoms with van der Waals surface area (Å²) in [5, 5.41) is 3.34. The van der Waals surface area contributed by atoms with E-state index in [4.69, 9.17) is 4.74 Å². The van der Waals surface area contributed by atoms with E-state index in [2.05, 4.69) is 18.3 Å². The van der Waals surface area contributed by atoms with Crippen molar-refractivity contribution < 1.29 is 9.53 Å². The largest absolute Gasteiger partial charge is 0.497 e. The second kappa shape index (κ2) is 9.01. The zero-order valence-electron chi connectivity index (χ0n) is 13.7. The maximum atomic E-state index is 12.5. The van der Waals surface area contributed by atoms with Gasteiger partial charge >= 0.3 is 0 Å². The minimum Gasteiger partial charge on any atom is -0.497 e. The van der Waals surface area contributed by atoms with Crippen LogP contribution in [0.1, 0.15) is 37.7 Å². The number of amides is 1. The van der Waals surface area contributed by atoms with E-state index in [1.54, 1.807) is 7.11 Å². The van der Waals surface area contributed by atoms with Crippen molar-refractivity contribution in [2.24, 2.45) is 0 Å². The van der Waals surface area contributed by atoms with E-state index in [0.29, 0.717) is 12.5 Å². The van der Waals surface area contributed by atoms with Crippen LogP contribution >= 0.6 is 12.4 Å². The summed E-state index contributed by atoms with van der Waals surface area (Å²) in [6.07, 6.45) is 2.65. The molecule has 1 aliphatic rings. The minimum atomic E-state index is 0. The molecule has 0 aliphatic carbocycles. The van der Waals surface area contributed by atoms with Crippen LogP contribution in [0.3, 0.4) is 0 Å². The zero-order chi connectivity index (χ0) is 15.2. The number of hydrogen-bond acceptors (Lipinski definition) is 3. The molecule has 1 aliphatic heterocycles. The van der Waals surface area contributed by atoms with Gasteiger partial charge in [-0.05, 0) is 49.5 Å². The third-order valence-corrected chi connectivity index (χ3v) is 4.39. The van der Waals surface area contributed by atoms with Crippen molar-refractivity contribution in [1.29, 1.82) is 0 Å². The number of nitrogens with zero attached hydrogens (tertiary/aromatic N) is 1. The Labute approximate surface area is 139 Å². The lowest BCUT2D eigenvalue weighted by atomic mass is 9.96. The maximum Gasteiger partial charge on any atom is 0.223 e. The minimum absolute atomic E-state index is 0. The molecule has 1 unspecified atom stereocenters. The van der Waals surface area contributed by atoms with Crippen molar-refractivity contribution in [1.82, 2.24) is 10.2 Å². The van der Waals surface area contributed by atoms with Gasteiger partial charge in [-0.15, -0.1) is 12.4 Å². The average molecular weight is 327 g/mol. The van der Waals surface area contributed by atoms with Crippen molar-refractivity contribution in [3.05, 3.63) is 29.8 Å². The van der Waals surface area contributed by atoms with E-state index in [0.717, 1.165) is 37.2 Å². The fraction of sp³-hybridized carbons (Fsp3) is 0.588. The molecule has 0 aromatic heterocycles.